The van der Waals surface area contributed by atoms with Crippen LogP contribution in [0.1, 0.15) is 12.0 Å². The fourth-order valence-electron chi connectivity index (χ4n) is 2.92. The lowest BCUT2D eigenvalue weighted by atomic mass is 10.2. The average Bonchev–Trinajstić information content (AvgIpc) is 3.05. The molecule has 0 saturated carbocycles. The Kier molecular flexibility index (Phi) is 3.49. The van der Waals surface area contributed by atoms with Crippen LogP contribution in [0.4, 0.5) is 5.82 Å². The third kappa shape index (κ3) is 2.67. The van der Waals surface area contributed by atoms with Gasteiger partial charge in [0.15, 0.2) is 5.65 Å². The lowest BCUT2D eigenvalue weighted by molar-refractivity contribution is 0.223. The molecule has 1 aliphatic heterocycles. The molecule has 1 aliphatic rings. The van der Waals surface area contributed by atoms with Crippen LogP contribution in [-0.2, 0) is 0 Å². The van der Waals surface area contributed by atoms with Crippen molar-refractivity contribution in [1.29, 1.82) is 0 Å². The number of hydrogen-bond donors (Lipinski definition) is 0. The Balaban J connectivity index is 1.55. The van der Waals surface area contributed by atoms with Crippen molar-refractivity contribution in [2.24, 2.45) is 0 Å². The van der Waals surface area contributed by atoms with Crippen molar-refractivity contribution in [3.8, 4) is 5.75 Å². The van der Waals surface area contributed by atoms with Crippen molar-refractivity contribution in [2.45, 2.75) is 19.4 Å². The molecule has 0 amide bonds. The van der Waals surface area contributed by atoms with Crippen molar-refractivity contribution in [3.05, 3.63) is 48.7 Å². The Bertz CT molecular complexity index is 833. The molecule has 4 rings (SSSR count). The summed E-state index contributed by atoms with van der Waals surface area (Å²) in [5.41, 5.74) is 1.79. The molecule has 23 heavy (non-hydrogen) atoms. The highest BCUT2D eigenvalue weighted by molar-refractivity contribution is 5.86. The highest BCUT2D eigenvalue weighted by Gasteiger charge is 2.26. The van der Waals surface area contributed by atoms with Gasteiger partial charge in [0.1, 0.15) is 24.0 Å². The molecule has 6 heteroatoms. The van der Waals surface area contributed by atoms with Crippen molar-refractivity contribution >= 4 is 16.9 Å². The van der Waals surface area contributed by atoms with E-state index in [0.717, 1.165) is 47.7 Å². The number of anilines is 1. The molecule has 0 radical (unpaired) electrons. The third-order valence-corrected chi connectivity index (χ3v) is 4.09. The van der Waals surface area contributed by atoms with Crippen molar-refractivity contribution in [2.75, 3.05) is 18.0 Å². The molecule has 6 nitrogen and oxygen atoms in total. The van der Waals surface area contributed by atoms with Gasteiger partial charge < -0.3 is 9.64 Å². The van der Waals surface area contributed by atoms with Crippen LogP contribution in [0, 0.1) is 6.92 Å². The van der Waals surface area contributed by atoms with E-state index in [1.807, 2.05) is 31.3 Å². The van der Waals surface area contributed by atoms with E-state index in [2.05, 4.69) is 24.8 Å². The van der Waals surface area contributed by atoms with E-state index in [-0.39, 0.29) is 6.10 Å². The molecule has 1 fully saturated rings. The van der Waals surface area contributed by atoms with Gasteiger partial charge in [0.25, 0.3) is 0 Å². The third-order valence-electron chi connectivity index (χ3n) is 4.09. The van der Waals surface area contributed by atoms with Crippen molar-refractivity contribution < 1.29 is 4.74 Å². The van der Waals surface area contributed by atoms with Crippen LogP contribution in [0.25, 0.3) is 11.0 Å². The summed E-state index contributed by atoms with van der Waals surface area (Å²) in [4.78, 5) is 19.3. The second-order valence-electron chi connectivity index (χ2n) is 5.69. The van der Waals surface area contributed by atoms with Gasteiger partial charge in [0, 0.05) is 37.1 Å². The first-order chi connectivity index (χ1) is 11.3. The zero-order chi connectivity index (χ0) is 15.6. The van der Waals surface area contributed by atoms with E-state index in [4.69, 9.17) is 4.74 Å². The van der Waals surface area contributed by atoms with E-state index >= 15 is 0 Å². The van der Waals surface area contributed by atoms with E-state index in [0.29, 0.717) is 0 Å². The molecule has 0 spiro atoms. The number of rotatable bonds is 3. The van der Waals surface area contributed by atoms with Gasteiger partial charge in [-0.2, -0.15) is 0 Å². The van der Waals surface area contributed by atoms with Crippen LogP contribution in [0.3, 0.4) is 0 Å². The fourth-order valence-corrected chi connectivity index (χ4v) is 2.92. The Morgan fingerprint density at radius 1 is 1.17 bits per heavy atom. The first-order valence-electron chi connectivity index (χ1n) is 7.69. The number of aromatic nitrogens is 4. The smallest absolute Gasteiger partial charge is 0.164 e. The number of nitrogens with zero attached hydrogens (tertiary/aromatic N) is 5. The van der Waals surface area contributed by atoms with E-state index in [1.165, 1.54) is 0 Å². The molecule has 116 valence electrons. The predicted molar refractivity (Wildman–Crippen MR) is 87.6 cm³/mol. The number of aryl methyl sites for hydroxylation is 1. The normalized spacial score (nSPS) is 17.6. The molecule has 0 N–H and O–H groups in total. The van der Waals surface area contributed by atoms with Gasteiger partial charge in [-0.3, -0.25) is 4.98 Å². The molecular weight excluding hydrogens is 290 g/mol. The van der Waals surface area contributed by atoms with Gasteiger partial charge in [-0.1, -0.05) is 0 Å². The largest absolute Gasteiger partial charge is 0.488 e. The summed E-state index contributed by atoms with van der Waals surface area (Å²) in [7, 11) is 0. The second-order valence-corrected chi connectivity index (χ2v) is 5.69. The molecule has 1 unspecified atom stereocenters. The maximum absolute atomic E-state index is 6.13. The molecule has 1 saturated heterocycles. The SMILES string of the molecule is Cc1cnccc1OC1CCN(c2ncnc3ncccc23)C1. The summed E-state index contributed by atoms with van der Waals surface area (Å²) in [5.74, 6) is 1.83. The van der Waals surface area contributed by atoms with Crippen LogP contribution >= 0.6 is 0 Å². The zero-order valence-electron chi connectivity index (χ0n) is 12.9. The highest BCUT2D eigenvalue weighted by atomic mass is 16.5. The number of pyridine rings is 2. The molecule has 0 aromatic carbocycles. The monoisotopic (exact) mass is 307 g/mol. The summed E-state index contributed by atoms with van der Waals surface area (Å²) >= 11 is 0. The lowest BCUT2D eigenvalue weighted by Gasteiger charge is -2.19. The van der Waals surface area contributed by atoms with Gasteiger partial charge in [0.05, 0.1) is 11.9 Å². The number of hydrogen-bond acceptors (Lipinski definition) is 6. The minimum atomic E-state index is 0.151. The molecule has 3 aromatic rings. The van der Waals surface area contributed by atoms with Crippen LogP contribution in [0.2, 0.25) is 0 Å². The van der Waals surface area contributed by atoms with Crippen molar-refractivity contribution in [3.63, 3.8) is 0 Å². The molecule has 0 aliphatic carbocycles. The zero-order valence-corrected chi connectivity index (χ0v) is 12.9. The van der Waals surface area contributed by atoms with Crippen LogP contribution < -0.4 is 9.64 Å². The summed E-state index contributed by atoms with van der Waals surface area (Å²) in [5, 5.41) is 0.982. The first kappa shape index (κ1) is 13.9. The Labute approximate surface area is 134 Å². The minimum Gasteiger partial charge on any atom is -0.488 e. The summed E-state index contributed by atoms with van der Waals surface area (Å²) in [6.07, 6.45) is 8.03. The average molecular weight is 307 g/mol. The lowest BCUT2D eigenvalue weighted by Crippen LogP contribution is -2.25. The summed E-state index contributed by atoms with van der Waals surface area (Å²) < 4.78 is 6.13. The standard InChI is InChI=1S/C17H17N5O/c1-12-9-18-7-4-15(12)23-13-5-8-22(10-13)17-14-3-2-6-19-16(14)20-11-21-17/h2-4,6-7,9,11,13H,5,8,10H2,1H3. The Morgan fingerprint density at radius 2 is 2.13 bits per heavy atom. The molecular formula is C17H17N5O. The van der Waals surface area contributed by atoms with Gasteiger partial charge in [-0.05, 0) is 25.1 Å². The maximum Gasteiger partial charge on any atom is 0.164 e. The topological polar surface area (TPSA) is 64.0 Å². The second kappa shape index (κ2) is 5.79. The van der Waals surface area contributed by atoms with Gasteiger partial charge in [-0.25, -0.2) is 15.0 Å². The molecule has 0 bridgehead atoms. The van der Waals surface area contributed by atoms with E-state index in [9.17, 15) is 0 Å². The number of ether oxygens (including phenoxy) is 1. The van der Waals surface area contributed by atoms with Crippen LogP contribution in [-0.4, -0.2) is 39.1 Å². The molecule has 1 atom stereocenters. The molecule has 3 aromatic heterocycles. The maximum atomic E-state index is 6.13. The van der Waals surface area contributed by atoms with E-state index < -0.39 is 0 Å². The fraction of sp³-hybridized carbons (Fsp3) is 0.294. The minimum absolute atomic E-state index is 0.151. The predicted octanol–water partition coefficient (Wildman–Crippen LogP) is 2.39. The summed E-state index contributed by atoms with van der Waals surface area (Å²) in [6.45, 7) is 3.73. The van der Waals surface area contributed by atoms with Crippen molar-refractivity contribution in [1.82, 2.24) is 19.9 Å². The van der Waals surface area contributed by atoms with Gasteiger partial charge >= 0.3 is 0 Å². The Hall–Kier alpha value is -2.76. The summed E-state index contributed by atoms with van der Waals surface area (Å²) in [6, 6.07) is 5.85. The molecule has 4 heterocycles. The van der Waals surface area contributed by atoms with Gasteiger partial charge in [-0.15, -0.1) is 0 Å². The van der Waals surface area contributed by atoms with E-state index in [1.54, 1.807) is 18.7 Å². The first-order valence-corrected chi connectivity index (χ1v) is 7.69. The quantitative estimate of drug-likeness (QED) is 0.740. The highest BCUT2D eigenvalue weighted by Crippen LogP contribution is 2.27. The van der Waals surface area contributed by atoms with Crippen LogP contribution in [0.15, 0.2) is 43.1 Å². The van der Waals surface area contributed by atoms with Crippen LogP contribution in [0.5, 0.6) is 5.75 Å². The Morgan fingerprint density at radius 3 is 3.04 bits per heavy atom. The van der Waals surface area contributed by atoms with Gasteiger partial charge in [0.2, 0.25) is 0 Å². The number of fused-ring (bicyclic) bond motifs is 1.